The van der Waals surface area contributed by atoms with Gasteiger partial charge < -0.3 is 5.32 Å². The van der Waals surface area contributed by atoms with Crippen LogP contribution in [0.4, 0.5) is 5.82 Å². The third-order valence-electron chi connectivity index (χ3n) is 2.97. The summed E-state index contributed by atoms with van der Waals surface area (Å²) in [4.78, 5) is 4.26. The van der Waals surface area contributed by atoms with E-state index in [4.69, 9.17) is 0 Å². The molecule has 2 rings (SSSR count). The Bertz CT molecular complexity index is 594. The molecule has 0 aliphatic carbocycles. The first kappa shape index (κ1) is 13.1. The van der Waals surface area contributed by atoms with E-state index in [1.807, 2.05) is 18.2 Å². The van der Waals surface area contributed by atoms with Gasteiger partial charge in [0.1, 0.15) is 17.5 Å². The summed E-state index contributed by atoms with van der Waals surface area (Å²) in [6, 6.07) is 12.3. The van der Waals surface area contributed by atoms with Crippen molar-refractivity contribution >= 4 is 5.82 Å². The average Bonchev–Trinajstić information content (AvgIpc) is 2.45. The Hall–Kier alpha value is -2.34. The van der Waals surface area contributed by atoms with E-state index in [1.54, 1.807) is 6.20 Å². The highest BCUT2D eigenvalue weighted by Gasteiger charge is 2.10. The lowest BCUT2D eigenvalue weighted by molar-refractivity contribution is 0.968. The predicted octanol–water partition coefficient (Wildman–Crippen LogP) is 3.75. The molecule has 2 aromatic rings. The van der Waals surface area contributed by atoms with Crippen molar-refractivity contribution in [3.63, 3.8) is 0 Å². The average molecular weight is 251 g/mol. The molecule has 0 radical (unpaired) electrons. The van der Waals surface area contributed by atoms with E-state index < -0.39 is 0 Å². The van der Waals surface area contributed by atoms with Crippen LogP contribution in [0.1, 0.15) is 24.5 Å². The van der Waals surface area contributed by atoms with E-state index in [1.165, 1.54) is 5.56 Å². The van der Waals surface area contributed by atoms with Crippen LogP contribution < -0.4 is 5.32 Å². The summed E-state index contributed by atoms with van der Waals surface area (Å²) in [5.74, 6) is 0.669. The highest BCUT2D eigenvalue weighted by molar-refractivity contribution is 5.75. The van der Waals surface area contributed by atoms with E-state index >= 15 is 0 Å². The summed E-state index contributed by atoms with van der Waals surface area (Å²) in [5.41, 5.74) is 3.79. The summed E-state index contributed by atoms with van der Waals surface area (Å²) in [5, 5.41) is 12.6. The van der Waals surface area contributed by atoms with Crippen molar-refractivity contribution < 1.29 is 0 Å². The monoisotopic (exact) mass is 251 g/mol. The number of pyridine rings is 1. The van der Waals surface area contributed by atoms with Gasteiger partial charge in [0.2, 0.25) is 0 Å². The molecule has 0 spiro atoms. The van der Waals surface area contributed by atoms with Gasteiger partial charge in [0.05, 0.1) is 0 Å². The van der Waals surface area contributed by atoms with Gasteiger partial charge in [-0.25, -0.2) is 4.98 Å². The summed E-state index contributed by atoms with van der Waals surface area (Å²) >= 11 is 0. The standard InChI is InChI=1S/C16H17N3/c1-3-9-18-16-15(11-17)14(8-10-19-16)13-6-4-12(2)5-7-13/h4-8,10H,3,9H2,1-2H3,(H,18,19). The third kappa shape index (κ3) is 2.92. The first-order valence-corrected chi connectivity index (χ1v) is 6.46. The van der Waals surface area contributed by atoms with E-state index in [-0.39, 0.29) is 0 Å². The second-order valence-electron chi connectivity index (χ2n) is 4.49. The molecular formula is C16H17N3. The van der Waals surface area contributed by atoms with Crippen LogP contribution in [0.25, 0.3) is 11.1 Å². The number of rotatable bonds is 4. The van der Waals surface area contributed by atoms with Gasteiger partial charge in [0.25, 0.3) is 0 Å². The van der Waals surface area contributed by atoms with Gasteiger partial charge in [0, 0.05) is 18.3 Å². The van der Waals surface area contributed by atoms with Crippen molar-refractivity contribution in [2.45, 2.75) is 20.3 Å². The van der Waals surface area contributed by atoms with Crippen LogP contribution in [0.5, 0.6) is 0 Å². The maximum Gasteiger partial charge on any atom is 0.144 e. The molecular weight excluding hydrogens is 234 g/mol. The van der Waals surface area contributed by atoms with Gasteiger partial charge in [-0.15, -0.1) is 0 Å². The molecule has 1 aromatic heterocycles. The van der Waals surface area contributed by atoms with Crippen LogP contribution in [-0.2, 0) is 0 Å². The van der Waals surface area contributed by atoms with Crippen molar-refractivity contribution in [3.8, 4) is 17.2 Å². The minimum Gasteiger partial charge on any atom is -0.369 e. The number of benzene rings is 1. The second kappa shape index (κ2) is 6.01. The molecule has 0 fully saturated rings. The number of hydrogen-bond donors (Lipinski definition) is 1. The van der Waals surface area contributed by atoms with Gasteiger partial charge in [-0.3, -0.25) is 0 Å². The molecule has 0 saturated carbocycles. The van der Waals surface area contributed by atoms with Crippen LogP contribution in [0.15, 0.2) is 36.5 Å². The molecule has 19 heavy (non-hydrogen) atoms. The Morgan fingerprint density at radius 3 is 2.58 bits per heavy atom. The van der Waals surface area contributed by atoms with Gasteiger partial charge in [-0.05, 0) is 25.0 Å². The molecule has 0 atom stereocenters. The molecule has 3 heteroatoms. The Kier molecular flexibility index (Phi) is 4.15. The molecule has 1 N–H and O–H groups in total. The molecule has 0 aliphatic heterocycles. The molecule has 0 aliphatic rings. The zero-order valence-electron chi connectivity index (χ0n) is 11.3. The maximum atomic E-state index is 9.38. The van der Waals surface area contributed by atoms with Crippen molar-refractivity contribution in [1.82, 2.24) is 4.98 Å². The second-order valence-corrected chi connectivity index (χ2v) is 4.49. The minimum absolute atomic E-state index is 0.611. The smallest absolute Gasteiger partial charge is 0.144 e. The fourth-order valence-electron chi connectivity index (χ4n) is 1.93. The van der Waals surface area contributed by atoms with Crippen LogP contribution in [0.3, 0.4) is 0 Å². The Morgan fingerprint density at radius 1 is 1.21 bits per heavy atom. The minimum atomic E-state index is 0.611. The topological polar surface area (TPSA) is 48.7 Å². The SMILES string of the molecule is CCCNc1nccc(-c2ccc(C)cc2)c1C#N. The lowest BCUT2D eigenvalue weighted by atomic mass is 10.0. The van der Waals surface area contributed by atoms with Crippen molar-refractivity contribution in [2.75, 3.05) is 11.9 Å². The summed E-state index contributed by atoms with van der Waals surface area (Å²) in [7, 11) is 0. The van der Waals surface area contributed by atoms with E-state index in [2.05, 4.69) is 42.4 Å². The molecule has 1 aromatic carbocycles. The number of nitrogens with one attached hydrogen (secondary N) is 1. The third-order valence-corrected chi connectivity index (χ3v) is 2.97. The zero-order chi connectivity index (χ0) is 13.7. The summed E-state index contributed by atoms with van der Waals surface area (Å²) in [6.07, 6.45) is 2.75. The highest BCUT2D eigenvalue weighted by atomic mass is 15.0. The molecule has 0 amide bonds. The largest absolute Gasteiger partial charge is 0.369 e. The van der Waals surface area contributed by atoms with Crippen LogP contribution >= 0.6 is 0 Å². The normalized spacial score (nSPS) is 9.95. The number of anilines is 1. The number of aromatic nitrogens is 1. The highest BCUT2D eigenvalue weighted by Crippen LogP contribution is 2.27. The lowest BCUT2D eigenvalue weighted by Gasteiger charge is -2.10. The van der Waals surface area contributed by atoms with Crippen LogP contribution in [-0.4, -0.2) is 11.5 Å². The van der Waals surface area contributed by atoms with Gasteiger partial charge in [-0.2, -0.15) is 5.26 Å². The van der Waals surface area contributed by atoms with Crippen LogP contribution in [0.2, 0.25) is 0 Å². The quantitative estimate of drug-likeness (QED) is 0.900. The number of nitriles is 1. The molecule has 0 unspecified atom stereocenters. The van der Waals surface area contributed by atoms with Crippen molar-refractivity contribution in [1.29, 1.82) is 5.26 Å². The maximum absolute atomic E-state index is 9.38. The molecule has 0 bridgehead atoms. The fourth-order valence-corrected chi connectivity index (χ4v) is 1.93. The Labute approximate surface area is 113 Å². The number of hydrogen-bond acceptors (Lipinski definition) is 3. The molecule has 3 nitrogen and oxygen atoms in total. The van der Waals surface area contributed by atoms with Crippen molar-refractivity contribution in [2.24, 2.45) is 0 Å². The molecule has 96 valence electrons. The number of nitrogens with zero attached hydrogens (tertiary/aromatic N) is 2. The molecule has 1 heterocycles. The van der Waals surface area contributed by atoms with Gasteiger partial charge in [-0.1, -0.05) is 36.8 Å². The van der Waals surface area contributed by atoms with Crippen LogP contribution in [0, 0.1) is 18.3 Å². The number of aryl methyl sites for hydroxylation is 1. The van der Waals surface area contributed by atoms with Crippen molar-refractivity contribution in [3.05, 3.63) is 47.7 Å². The predicted molar refractivity (Wildman–Crippen MR) is 77.9 cm³/mol. The first-order valence-electron chi connectivity index (χ1n) is 6.46. The van der Waals surface area contributed by atoms with E-state index in [0.717, 1.165) is 24.1 Å². The molecule has 0 saturated heterocycles. The van der Waals surface area contributed by atoms with E-state index in [9.17, 15) is 5.26 Å². The Morgan fingerprint density at radius 2 is 1.95 bits per heavy atom. The van der Waals surface area contributed by atoms with E-state index in [0.29, 0.717) is 11.4 Å². The zero-order valence-corrected chi connectivity index (χ0v) is 11.3. The summed E-state index contributed by atoms with van der Waals surface area (Å²) < 4.78 is 0. The Balaban J connectivity index is 2.46. The van der Waals surface area contributed by atoms with Gasteiger partial charge in [0.15, 0.2) is 0 Å². The van der Waals surface area contributed by atoms with Gasteiger partial charge >= 0.3 is 0 Å². The fraction of sp³-hybridized carbons (Fsp3) is 0.250. The first-order chi connectivity index (χ1) is 9.26. The summed E-state index contributed by atoms with van der Waals surface area (Å²) in [6.45, 7) is 4.96. The lowest BCUT2D eigenvalue weighted by Crippen LogP contribution is -2.04.